The molecule has 0 aromatic heterocycles. The van der Waals surface area contributed by atoms with E-state index < -0.39 is 42.4 Å². The van der Waals surface area contributed by atoms with Crippen LogP contribution in [0.15, 0.2) is 29.2 Å². The normalized spacial score (nSPS) is 31.8. The van der Waals surface area contributed by atoms with Crippen LogP contribution in [0.25, 0.3) is 0 Å². The zero-order valence-corrected chi connectivity index (χ0v) is 12.6. The van der Waals surface area contributed by atoms with E-state index in [-0.39, 0.29) is 0 Å². The monoisotopic (exact) mass is 330 g/mol. The summed E-state index contributed by atoms with van der Waals surface area (Å²) in [5.74, 6) is -0.535. The number of aliphatic hydroxyl groups is 4. The maximum Gasteiger partial charge on any atom is 0.338 e. The van der Waals surface area contributed by atoms with E-state index in [1.54, 1.807) is 24.3 Å². The number of methoxy groups -OCH3 is 1. The van der Waals surface area contributed by atoms with Crippen molar-refractivity contribution in [3.05, 3.63) is 29.8 Å². The van der Waals surface area contributed by atoms with Crippen molar-refractivity contribution in [1.82, 2.24) is 0 Å². The van der Waals surface area contributed by atoms with Crippen molar-refractivity contribution >= 4 is 17.7 Å². The largest absolute Gasteiger partial charge is 0.465 e. The number of esters is 1. The smallest absolute Gasteiger partial charge is 0.338 e. The Morgan fingerprint density at radius 3 is 2.55 bits per heavy atom. The molecular formula is C14H18O7S. The van der Waals surface area contributed by atoms with Gasteiger partial charge in [0.25, 0.3) is 0 Å². The third-order valence-corrected chi connectivity index (χ3v) is 4.62. The second-order valence-corrected chi connectivity index (χ2v) is 5.94. The van der Waals surface area contributed by atoms with Crippen LogP contribution >= 0.6 is 11.8 Å². The molecule has 0 radical (unpaired) electrons. The van der Waals surface area contributed by atoms with E-state index in [1.807, 2.05) is 0 Å². The summed E-state index contributed by atoms with van der Waals surface area (Å²) in [6.07, 6.45) is -5.21. The van der Waals surface area contributed by atoms with E-state index in [9.17, 15) is 20.1 Å². The van der Waals surface area contributed by atoms with E-state index >= 15 is 0 Å². The molecule has 1 aliphatic heterocycles. The predicted octanol–water partition coefficient (Wildman–Crippen LogP) is -0.635. The molecule has 0 amide bonds. The Labute approximate surface area is 131 Å². The first-order valence-corrected chi connectivity index (χ1v) is 7.52. The molecule has 2 rings (SSSR count). The summed E-state index contributed by atoms with van der Waals surface area (Å²) in [5.41, 5.74) is -0.645. The van der Waals surface area contributed by atoms with Gasteiger partial charge in [-0.25, -0.2) is 4.79 Å². The molecule has 5 atom stereocenters. The molecule has 1 aromatic rings. The molecule has 1 unspecified atom stereocenters. The zero-order chi connectivity index (χ0) is 16.3. The fourth-order valence-corrected chi connectivity index (χ4v) is 3.32. The van der Waals surface area contributed by atoms with Gasteiger partial charge in [0.1, 0.15) is 29.9 Å². The second kappa shape index (κ2) is 7.40. The summed E-state index contributed by atoms with van der Waals surface area (Å²) in [4.78, 5) is 12.2. The molecule has 1 saturated heterocycles. The SMILES string of the molecule is COC(=O)c1ccccc1SC1O[C@H](CO)[C@@H](O)[C@H](O)[C@H]1O. The van der Waals surface area contributed by atoms with E-state index in [0.717, 1.165) is 11.8 Å². The van der Waals surface area contributed by atoms with Crippen molar-refractivity contribution in [1.29, 1.82) is 0 Å². The number of aliphatic hydroxyl groups excluding tert-OH is 4. The summed E-state index contributed by atoms with van der Waals surface area (Å²) in [5, 5.41) is 38.7. The molecule has 8 heteroatoms. The average Bonchev–Trinajstić information content (AvgIpc) is 2.55. The highest BCUT2D eigenvalue weighted by Gasteiger charge is 2.44. The van der Waals surface area contributed by atoms with Crippen LogP contribution in [0.1, 0.15) is 10.4 Å². The Hall–Kier alpha value is -1.16. The van der Waals surface area contributed by atoms with Crippen LogP contribution in [-0.2, 0) is 9.47 Å². The number of ether oxygens (including phenoxy) is 2. The summed E-state index contributed by atoms with van der Waals surface area (Å²) < 4.78 is 10.1. The first kappa shape index (κ1) is 17.2. The number of thioether (sulfide) groups is 1. The molecule has 1 fully saturated rings. The summed E-state index contributed by atoms with van der Waals surface area (Å²) in [6, 6.07) is 6.60. The van der Waals surface area contributed by atoms with Gasteiger partial charge in [-0.2, -0.15) is 0 Å². The minimum Gasteiger partial charge on any atom is -0.465 e. The highest BCUT2D eigenvalue weighted by molar-refractivity contribution is 8.00. The lowest BCUT2D eigenvalue weighted by atomic mass is 10.0. The molecule has 0 aliphatic carbocycles. The first-order chi connectivity index (χ1) is 10.5. The number of hydrogen-bond acceptors (Lipinski definition) is 8. The molecule has 4 N–H and O–H groups in total. The van der Waals surface area contributed by atoms with Crippen LogP contribution in [0.4, 0.5) is 0 Å². The standard InChI is InChI=1S/C14H18O7S/c1-20-13(19)7-4-2-3-5-9(7)22-14-12(18)11(17)10(16)8(6-15)21-14/h2-5,8,10-12,14-18H,6H2,1H3/t8-,10-,11+,12-,14?/m1/s1. The lowest BCUT2D eigenvalue weighted by Gasteiger charge is -2.39. The van der Waals surface area contributed by atoms with Crippen molar-refractivity contribution in [3.8, 4) is 0 Å². The molecule has 0 saturated carbocycles. The van der Waals surface area contributed by atoms with Gasteiger partial charge in [-0.3, -0.25) is 0 Å². The number of rotatable bonds is 4. The van der Waals surface area contributed by atoms with E-state index in [2.05, 4.69) is 4.74 Å². The van der Waals surface area contributed by atoms with Gasteiger partial charge in [0.05, 0.1) is 19.3 Å². The molecule has 0 bridgehead atoms. The Morgan fingerprint density at radius 1 is 1.23 bits per heavy atom. The van der Waals surface area contributed by atoms with E-state index in [0.29, 0.717) is 10.5 Å². The van der Waals surface area contributed by atoms with Gasteiger partial charge in [0, 0.05) is 4.90 Å². The molecule has 1 heterocycles. The highest BCUT2D eigenvalue weighted by atomic mass is 32.2. The minimum absolute atomic E-state index is 0.298. The van der Waals surface area contributed by atoms with Crippen LogP contribution in [0.3, 0.4) is 0 Å². The van der Waals surface area contributed by atoms with Crippen molar-refractivity contribution in [2.24, 2.45) is 0 Å². The number of carbonyl (C=O) groups is 1. The fraction of sp³-hybridized carbons (Fsp3) is 0.500. The maximum atomic E-state index is 11.7. The van der Waals surface area contributed by atoms with Gasteiger partial charge in [0.2, 0.25) is 0 Å². The number of carbonyl (C=O) groups excluding carboxylic acids is 1. The van der Waals surface area contributed by atoms with Gasteiger partial charge in [0.15, 0.2) is 0 Å². The molecule has 1 aromatic carbocycles. The Bertz CT molecular complexity index is 522. The molecule has 122 valence electrons. The molecule has 7 nitrogen and oxygen atoms in total. The Kier molecular flexibility index (Phi) is 5.79. The second-order valence-electron chi connectivity index (χ2n) is 4.80. The summed E-state index contributed by atoms with van der Waals surface area (Å²) in [6.45, 7) is -0.499. The van der Waals surface area contributed by atoms with Gasteiger partial charge in [-0.15, -0.1) is 0 Å². The Morgan fingerprint density at radius 2 is 1.91 bits per heavy atom. The predicted molar refractivity (Wildman–Crippen MR) is 77.4 cm³/mol. The van der Waals surface area contributed by atoms with Crippen LogP contribution in [0.5, 0.6) is 0 Å². The van der Waals surface area contributed by atoms with E-state index in [1.165, 1.54) is 7.11 Å². The van der Waals surface area contributed by atoms with Gasteiger partial charge >= 0.3 is 5.97 Å². The topological polar surface area (TPSA) is 116 Å². The third kappa shape index (κ3) is 3.43. The molecule has 1 aliphatic rings. The van der Waals surface area contributed by atoms with Crippen molar-refractivity contribution in [2.75, 3.05) is 13.7 Å². The minimum atomic E-state index is -1.45. The van der Waals surface area contributed by atoms with Gasteiger partial charge in [-0.1, -0.05) is 23.9 Å². The highest BCUT2D eigenvalue weighted by Crippen LogP contribution is 2.35. The van der Waals surface area contributed by atoms with Crippen LogP contribution in [0, 0.1) is 0 Å². The fourth-order valence-electron chi connectivity index (χ4n) is 2.14. The van der Waals surface area contributed by atoms with Crippen LogP contribution < -0.4 is 0 Å². The quantitative estimate of drug-likeness (QED) is 0.539. The lowest BCUT2D eigenvalue weighted by Crippen LogP contribution is -2.57. The average molecular weight is 330 g/mol. The van der Waals surface area contributed by atoms with Crippen molar-refractivity contribution in [3.63, 3.8) is 0 Å². The first-order valence-electron chi connectivity index (χ1n) is 6.64. The van der Waals surface area contributed by atoms with Crippen LogP contribution in [-0.4, -0.2) is 70.0 Å². The lowest BCUT2D eigenvalue weighted by molar-refractivity contribution is -0.205. The zero-order valence-electron chi connectivity index (χ0n) is 11.8. The molecule has 0 spiro atoms. The van der Waals surface area contributed by atoms with Crippen molar-refractivity contribution < 1.29 is 34.7 Å². The number of hydrogen-bond donors (Lipinski definition) is 4. The molecular weight excluding hydrogens is 312 g/mol. The molecule has 22 heavy (non-hydrogen) atoms. The summed E-state index contributed by atoms with van der Waals surface area (Å²) in [7, 11) is 1.26. The summed E-state index contributed by atoms with van der Waals surface area (Å²) >= 11 is 1.01. The van der Waals surface area contributed by atoms with Gasteiger partial charge < -0.3 is 29.9 Å². The van der Waals surface area contributed by atoms with Crippen molar-refractivity contribution in [2.45, 2.75) is 34.7 Å². The van der Waals surface area contributed by atoms with Gasteiger partial charge in [-0.05, 0) is 12.1 Å². The Balaban J connectivity index is 2.21. The number of benzene rings is 1. The third-order valence-electron chi connectivity index (χ3n) is 3.38. The van der Waals surface area contributed by atoms with Crippen LogP contribution in [0.2, 0.25) is 0 Å². The van der Waals surface area contributed by atoms with E-state index in [4.69, 9.17) is 9.84 Å². The maximum absolute atomic E-state index is 11.7.